The molecule has 0 saturated heterocycles. The van der Waals surface area contributed by atoms with Crippen LogP contribution in [0, 0.1) is 6.92 Å². The molecule has 16 heavy (non-hydrogen) atoms. The molecule has 5 heteroatoms. The maximum Gasteiger partial charge on any atom is 0.178 e. The Morgan fingerprint density at radius 1 is 1.38 bits per heavy atom. The molecule has 0 radical (unpaired) electrons. The fourth-order valence-corrected chi connectivity index (χ4v) is 3.02. The molecule has 1 aromatic rings. The molecule has 4 nitrogen and oxygen atoms in total. The van der Waals surface area contributed by atoms with Crippen LogP contribution < -0.4 is 4.74 Å². The average molecular weight is 244 g/mol. The predicted octanol–water partition coefficient (Wildman–Crippen LogP) is 1.16. The standard InChI is InChI=1S/C11H16O4S/c1-9-8-10(15-2)4-5-11(9)16(13,14)7-3-6-12/h4-5,8,12H,3,6-7H2,1-2H3. The van der Waals surface area contributed by atoms with Crippen molar-refractivity contribution in [2.24, 2.45) is 0 Å². The second kappa shape index (κ2) is 5.32. The van der Waals surface area contributed by atoms with Gasteiger partial charge in [0.1, 0.15) is 5.75 Å². The molecule has 0 aliphatic carbocycles. The number of methoxy groups -OCH3 is 1. The number of ether oxygens (including phenoxy) is 1. The first-order chi connectivity index (χ1) is 7.51. The van der Waals surface area contributed by atoms with E-state index in [0.29, 0.717) is 16.2 Å². The number of sulfone groups is 1. The third-order valence-corrected chi connectivity index (χ3v) is 4.24. The van der Waals surface area contributed by atoms with Crippen LogP contribution in [0.15, 0.2) is 23.1 Å². The number of aliphatic hydroxyl groups is 1. The first kappa shape index (κ1) is 13.0. The zero-order valence-corrected chi connectivity index (χ0v) is 10.3. The Balaban J connectivity index is 3.04. The number of benzene rings is 1. The highest BCUT2D eigenvalue weighted by molar-refractivity contribution is 7.91. The minimum absolute atomic E-state index is 0.0311. The number of hydrogen-bond acceptors (Lipinski definition) is 4. The summed E-state index contributed by atoms with van der Waals surface area (Å²) in [6.45, 7) is 1.61. The molecule has 0 heterocycles. The fourth-order valence-electron chi connectivity index (χ4n) is 1.46. The second-order valence-electron chi connectivity index (χ2n) is 3.53. The van der Waals surface area contributed by atoms with Gasteiger partial charge in [-0.15, -0.1) is 0 Å². The van der Waals surface area contributed by atoms with Crippen LogP contribution in [0.5, 0.6) is 5.75 Å². The van der Waals surface area contributed by atoms with Gasteiger partial charge in [-0.1, -0.05) is 0 Å². The summed E-state index contributed by atoms with van der Waals surface area (Å²) >= 11 is 0. The van der Waals surface area contributed by atoms with Gasteiger partial charge in [0.15, 0.2) is 9.84 Å². The van der Waals surface area contributed by atoms with Crippen molar-refractivity contribution in [1.82, 2.24) is 0 Å². The van der Waals surface area contributed by atoms with Crippen molar-refractivity contribution in [1.29, 1.82) is 0 Å². The highest BCUT2D eigenvalue weighted by atomic mass is 32.2. The fraction of sp³-hybridized carbons (Fsp3) is 0.455. The molecule has 0 saturated carbocycles. The van der Waals surface area contributed by atoms with Crippen LogP contribution in [0.1, 0.15) is 12.0 Å². The Kier molecular flexibility index (Phi) is 4.32. The van der Waals surface area contributed by atoms with E-state index in [-0.39, 0.29) is 18.8 Å². The molecule has 1 aromatic carbocycles. The van der Waals surface area contributed by atoms with E-state index in [2.05, 4.69) is 0 Å². The molecule has 0 unspecified atom stereocenters. The van der Waals surface area contributed by atoms with E-state index in [1.807, 2.05) is 0 Å². The predicted molar refractivity (Wildman–Crippen MR) is 61.5 cm³/mol. The topological polar surface area (TPSA) is 63.6 Å². The van der Waals surface area contributed by atoms with E-state index in [9.17, 15) is 8.42 Å². The molecular weight excluding hydrogens is 228 g/mol. The van der Waals surface area contributed by atoms with Gasteiger partial charge in [-0.25, -0.2) is 8.42 Å². The summed E-state index contributed by atoms with van der Waals surface area (Å²) in [5, 5.41) is 8.64. The molecule has 0 fully saturated rings. The lowest BCUT2D eigenvalue weighted by Crippen LogP contribution is -2.09. The van der Waals surface area contributed by atoms with Crippen LogP contribution in [0.4, 0.5) is 0 Å². The zero-order chi connectivity index (χ0) is 12.2. The molecule has 0 aliphatic heterocycles. The third-order valence-electron chi connectivity index (χ3n) is 2.29. The van der Waals surface area contributed by atoms with Gasteiger partial charge in [-0.05, 0) is 37.1 Å². The minimum atomic E-state index is -3.29. The van der Waals surface area contributed by atoms with Crippen LogP contribution in [0.3, 0.4) is 0 Å². The quantitative estimate of drug-likeness (QED) is 0.844. The summed E-state index contributed by atoms with van der Waals surface area (Å²) in [7, 11) is -1.76. The molecule has 1 rings (SSSR count). The van der Waals surface area contributed by atoms with Crippen molar-refractivity contribution >= 4 is 9.84 Å². The second-order valence-corrected chi connectivity index (χ2v) is 5.61. The molecule has 0 spiro atoms. The van der Waals surface area contributed by atoms with Crippen LogP contribution in [-0.2, 0) is 9.84 Å². The first-order valence-electron chi connectivity index (χ1n) is 4.99. The zero-order valence-electron chi connectivity index (χ0n) is 9.43. The third kappa shape index (κ3) is 2.96. The van der Waals surface area contributed by atoms with Gasteiger partial charge < -0.3 is 9.84 Å². The summed E-state index contributed by atoms with van der Waals surface area (Å²) in [6.07, 6.45) is 0.258. The molecular formula is C11H16O4S. The van der Waals surface area contributed by atoms with E-state index >= 15 is 0 Å². The van der Waals surface area contributed by atoms with Crippen LogP contribution in [0.2, 0.25) is 0 Å². The normalized spacial score (nSPS) is 11.4. The average Bonchev–Trinajstić information content (AvgIpc) is 2.25. The van der Waals surface area contributed by atoms with Crippen LogP contribution in [0.25, 0.3) is 0 Å². The Hall–Kier alpha value is -1.07. The largest absolute Gasteiger partial charge is 0.497 e. The van der Waals surface area contributed by atoms with E-state index < -0.39 is 9.84 Å². The molecule has 0 aromatic heterocycles. The molecule has 0 bridgehead atoms. The number of rotatable bonds is 5. The maximum absolute atomic E-state index is 11.9. The number of aliphatic hydroxyl groups excluding tert-OH is 1. The van der Waals surface area contributed by atoms with Crippen molar-refractivity contribution in [2.45, 2.75) is 18.2 Å². The Labute approximate surface area is 95.8 Å². The van der Waals surface area contributed by atoms with E-state index in [1.54, 1.807) is 25.1 Å². The van der Waals surface area contributed by atoms with E-state index in [4.69, 9.17) is 9.84 Å². The van der Waals surface area contributed by atoms with Crippen molar-refractivity contribution in [3.63, 3.8) is 0 Å². The van der Waals surface area contributed by atoms with Crippen molar-refractivity contribution in [3.8, 4) is 5.75 Å². The van der Waals surface area contributed by atoms with Crippen molar-refractivity contribution < 1.29 is 18.3 Å². The summed E-state index contributed by atoms with van der Waals surface area (Å²) in [5.74, 6) is 0.607. The van der Waals surface area contributed by atoms with Gasteiger partial charge in [0, 0.05) is 6.61 Å². The molecule has 0 amide bonds. The highest BCUT2D eigenvalue weighted by Gasteiger charge is 2.16. The maximum atomic E-state index is 11.9. The summed E-state index contributed by atoms with van der Waals surface area (Å²) in [6, 6.07) is 4.85. The first-order valence-corrected chi connectivity index (χ1v) is 6.65. The number of aryl methyl sites for hydroxylation is 1. The Morgan fingerprint density at radius 2 is 2.06 bits per heavy atom. The Morgan fingerprint density at radius 3 is 2.56 bits per heavy atom. The molecule has 1 N–H and O–H groups in total. The lowest BCUT2D eigenvalue weighted by atomic mass is 10.2. The SMILES string of the molecule is COc1ccc(S(=O)(=O)CCCO)c(C)c1. The van der Waals surface area contributed by atoms with Gasteiger partial charge in [-0.2, -0.15) is 0 Å². The van der Waals surface area contributed by atoms with Gasteiger partial charge >= 0.3 is 0 Å². The van der Waals surface area contributed by atoms with E-state index in [1.165, 1.54) is 7.11 Å². The lowest BCUT2D eigenvalue weighted by molar-refractivity contribution is 0.295. The van der Waals surface area contributed by atoms with Crippen molar-refractivity contribution in [3.05, 3.63) is 23.8 Å². The summed E-state index contributed by atoms with van der Waals surface area (Å²) in [5.41, 5.74) is 0.664. The molecule has 90 valence electrons. The Bertz CT molecular complexity index is 451. The minimum Gasteiger partial charge on any atom is -0.497 e. The monoisotopic (exact) mass is 244 g/mol. The van der Waals surface area contributed by atoms with Gasteiger partial charge in [0.25, 0.3) is 0 Å². The highest BCUT2D eigenvalue weighted by Crippen LogP contribution is 2.22. The van der Waals surface area contributed by atoms with E-state index in [0.717, 1.165) is 0 Å². The smallest absolute Gasteiger partial charge is 0.178 e. The number of hydrogen-bond donors (Lipinski definition) is 1. The van der Waals surface area contributed by atoms with Gasteiger partial charge in [0.05, 0.1) is 17.8 Å². The molecule has 0 aliphatic rings. The van der Waals surface area contributed by atoms with Gasteiger partial charge in [0.2, 0.25) is 0 Å². The molecule has 0 atom stereocenters. The lowest BCUT2D eigenvalue weighted by Gasteiger charge is -2.08. The van der Waals surface area contributed by atoms with Crippen LogP contribution in [-0.4, -0.2) is 33.0 Å². The van der Waals surface area contributed by atoms with Crippen molar-refractivity contribution in [2.75, 3.05) is 19.5 Å². The van der Waals surface area contributed by atoms with Crippen LogP contribution >= 0.6 is 0 Å². The summed E-state index contributed by atoms with van der Waals surface area (Å²) in [4.78, 5) is 0.307. The summed E-state index contributed by atoms with van der Waals surface area (Å²) < 4.78 is 28.7. The van der Waals surface area contributed by atoms with Gasteiger partial charge in [-0.3, -0.25) is 0 Å².